The highest BCUT2D eigenvalue weighted by atomic mass is 16.7. The monoisotopic (exact) mass is 554 g/mol. The van der Waals surface area contributed by atoms with Gasteiger partial charge in [0.15, 0.2) is 0 Å². The molecule has 224 valence electrons. The Morgan fingerprint density at radius 1 is 0.475 bits per heavy atom. The van der Waals surface area contributed by atoms with E-state index in [1.54, 1.807) is 0 Å². The maximum atomic E-state index is 11.8. The molecule has 0 fully saturated rings. The summed E-state index contributed by atoms with van der Waals surface area (Å²) in [6, 6.07) is 16.4. The molecule has 0 amide bonds. The topological polar surface area (TPSA) is 54.0 Å². The third kappa shape index (κ3) is 17.1. The minimum atomic E-state index is -0.706. The number of unbranched alkanes of at least 4 members (excludes halogenated alkanes) is 12. The van der Waals surface area contributed by atoms with Crippen LogP contribution in [0.5, 0.6) is 11.5 Å². The average molecular weight is 555 g/mol. The van der Waals surface area contributed by atoms with Crippen LogP contribution in [0.3, 0.4) is 0 Å². The standard InChI is InChI=1S/C35H54O5/c1-3-5-7-9-11-13-15-17-31-19-23-33(24-20-31)37-27-29-39-35(36)40-30-28-38-34-25-21-32(22-26-34)18-16-14-12-10-8-6-4-2/h19-26H,3-18,27-30H2,1-2H3. The van der Waals surface area contributed by atoms with Crippen molar-refractivity contribution < 1.29 is 23.7 Å². The van der Waals surface area contributed by atoms with Crippen molar-refractivity contribution in [2.45, 2.75) is 117 Å². The zero-order chi connectivity index (χ0) is 28.5. The van der Waals surface area contributed by atoms with Crippen LogP contribution in [0.2, 0.25) is 0 Å². The van der Waals surface area contributed by atoms with Gasteiger partial charge >= 0.3 is 6.16 Å². The number of carbonyl (C=O) groups excluding carboxylic acids is 1. The van der Waals surface area contributed by atoms with Gasteiger partial charge in [-0.3, -0.25) is 0 Å². The van der Waals surface area contributed by atoms with Gasteiger partial charge < -0.3 is 18.9 Å². The Kier molecular flexibility index (Phi) is 19.3. The molecule has 5 heteroatoms. The maximum absolute atomic E-state index is 11.8. The fourth-order valence-corrected chi connectivity index (χ4v) is 4.69. The fourth-order valence-electron chi connectivity index (χ4n) is 4.69. The molecule has 0 N–H and O–H groups in total. The molecule has 0 aromatic heterocycles. The second-order valence-electron chi connectivity index (χ2n) is 10.7. The van der Waals surface area contributed by atoms with Crippen molar-refractivity contribution in [2.75, 3.05) is 26.4 Å². The van der Waals surface area contributed by atoms with Gasteiger partial charge in [-0.25, -0.2) is 4.79 Å². The Bertz CT molecular complexity index is 791. The molecule has 0 atom stereocenters. The van der Waals surface area contributed by atoms with E-state index in [4.69, 9.17) is 18.9 Å². The van der Waals surface area contributed by atoms with Gasteiger partial charge in [-0.2, -0.15) is 0 Å². The van der Waals surface area contributed by atoms with Crippen molar-refractivity contribution in [1.82, 2.24) is 0 Å². The molecule has 0 aliphatic rings. The SMILES string of the molecule is CCCCCCCCCc1ccc(OCCOC(=O)OCCOc2ccc(CCCCCCCCC)cc2)cc1. The van der Waals surface area contributed by atoms with E-state index < -0.39 is 6.16 Å². The minimum Gasteiger partial charge on any atom is -0.490 e. The van der Waals surface area contributed by atoms with Gasteiger partial charge in [0, 0.05) is 0 Å². The van der Waals surface area contributed by atoms with Gasteiger partial charge in [0.2, 0.25) is 0 Å². The predicted octanol–water partition coefficient (Wildman–Crippen LogP) is 9.88. The minimum absolute atomic E-state index is 0.139. The summed E-state index contributed by atoms with van der Waals surface area (Å²) in [5, 5.41) is 0. The van der Waals surface area contributed by atoms with Crippen molar-refractivity contribution in [3.63, 3.8) is 0 Å². The molecule has 0 saturated heterocycles. The summed E-state index contributed by atoms with van der Waals surface area (Å²) in [6.45, 7) is 5.36. The van der Waals surface area contributed by atoms with E-state index in [9.17, 15) is 4.79 Å². The van der Waals surface area contributed by atoms with Crippen LogP contribution in [-0.4, -0.2) is 32.6 Å². The molecule has 40 heavy (non-hydrogen) atoms. The molecule has 0 saturated carbocycles. The normalized spacial score (nSPS) is 10.8. The first-order chi connectivity index (χ1) is 19.7. The second kappa shape index (κ2) is 23.1. The third-order valence-electron chi connectivity index (χ3n) is 7.13. The summed E-state index contributed by atoms with van der Waals surface area (Å²) in [5.74, 6) is 1.56. The van der Waals surface area contributed by atoms with Crippen LogP contribution in [-0.2, 0) is 22.3 Å². The van der Waals surface area contributed by atoms with Gasteiger partial charge in [-0.1, -0.05) is 115 Å². The van der Waals surface area contributed by atoms with Gasteiger partial charge in [-0.15, -0.1) is 0 Å². The predicted molar refractivity (Wildman–Crippen MR) is 165 cm³/mol. The maximum Gasteiger partial charge on any atom is 0.508 e. The van der Waals surface area contributed by atoms with Crippen molar-refractivity contribution in [3.8, 4) is 11.5 Å². The lowest BCUT2D eigenvalue weighted by Crippen LogP contribution is -2.16. The Morgan fingerprint density at radius 3 is 1.20 bits per heavy atom. The first kappa shape index (κ1) is 33.5. The van der Waals surface area contributed by atoms with Crippen molar-refractivity contribution in [1.29, 1.82) is 0 Å². The van der Waals surface area contributed by atoms with Gasteiger partial charge in [-0.05, 0) is 61.1 Å². The number of benzene rings is 2. The van der Waals surface area contributed by atoms with Crippen LogP contribution in [0.25, 0.3) is 0 Å². The molecule has 0 spiro atoms. The van der Waals surface area contributed by atoms with Crippen molar-refractivity contribution in [3.05, 3.63) is 59.7 Å². The summed E-state index contributed by atoms with van der Waals surface area (Å²) >= 11 is 0. The van der Waals surface area contributed by atoms with Gasteiger partial charge in [0.25, 0.3) is 0 Å². The molecular formula is C35H54O5. The molecule has 0 radical (unpaired) electrons. The summed E-state index contributed by atoms with van der Waals surface area (Å²) in [6.07, 6.45) is 20.0. The molecule has 2 aromatic rings. The highest BCUT2D eigenvalue weighted by molar-refractivity contribution is 5.59. The lowest BCUT2D eigenvalue weighted by molar-refractivity contribution is 0.0383. The number of hydrogen-bond acceptors (Lipinski definition) is 5. The van der Waals surface area contributed by atoms with E-state index >= 15 is 0 Å². The Balaban J connectivity index is 1.45. The van der Waals surface area contributed by atoms with Gasteiger partial charge in [0.1, 0.15) is 37.9 Å². The fraction of sp³-hybridized carbons (Fsp3) is 0.629. The van der Waals surface area contributed by atoms with E-state index in [1.165, 1.54) is 101 Å². The van der Waals surface area contributed by atoms with Crippen LogP contribution < -0.4 is 9.47 Å². The number of aryl methyl sites for hydroxylation is 2. The molecule has 5 nitrogen and oxygen atoms in total. The Morgan fingerprint density at radius 2 is 0.825 bits per heavy atom. The molecular weight excluding hydrogens is 500 g/mol. The molecule has 0 bridgehead atoms. The second-order valence-corrected chi connectivity index (χ2v) is 10.7. The highest BCUT2D eigenvalue weighted by Gasteiger charge is 2.05. The Labute approximate surface area is 243 Å². The van der Waals surface area contributed by atoms with Crippen LogP contribution in [0, 0.1) is 0 Å². The van der Waals surface area contributed by atoms with Crippen LogP contribution in [0.4, 0.5) is 4.79 Å². The van der Waals surface area contributed by atoms with Crippen LogP contribution in [0.1, 0.15) is 115 Å². The third-order valence-corrected chi connectivity index (χ3v) is 7.13. The lowest BCUT2D eigenvalue weighted by Gasteiger charge is -2.10. The molecule has 0 heterocycles. The lowest BCUT2D eigenvalue weighted by atomic mass is 10.0. The highest BCUT2D eigenvalue weighted by Crippen LogP contribution is 2.17. The molecule has 0 aliphatic heterocycles. The number of hydrogen-bond donors (Lipinski definition) is 0. The summed E-state index contributed by atoms with van der Waals surface area (Å²) in [5.41, 5.74) is 2.67. The van der Waals surface area contributed by atoms with E-state index in [-0.39, 0.29) is 26.4 Å². The zero-order valence-corrected chi connectivity index (χ0v) is 25.3. The number of rotatable bonds is 24. The van der Waals surface area contributed by atoms with E-state index in [2.05, 4.69) is 38.1 Å². The molecule has 0 aliphatic carbocycles. The Hall–Kier alpha value is -2.69. The zero-order valence-electron chi connectivity index (χ0n) is 25.3. The summed E-state index contributed by atoms with van der Waals surface area (Å²) in [7, 11) is 0. The summed E-state index contributed by atoms with van der Waals surface area (Å²) in [4.78, 5) is 11.8. The summed E-state index contributed by atoms with van der Waals surface area (Å²) < 4.78 is 21.5. The van der Waals surface area contributed by atoms with E-state index in [0.717, 1.165) is 24.3 Å². The smallest absolute Gasteiger partial charge is 0.490 e. The molecule has 2 aromatic carbocycles. The van der Waals surface area contributed by atoms with Crippen LogP contribution >= 0.6 is 0 Å². The first-order valence-corrected chi connectivity index (χ1v) is 15.9. The van der Waals surface area contributed by atoms with E-state index in [0.29, 0.717) is 0 Å². The number of carbonyl (C=O) groups is 1. The molecule has 2 rings (SSSR count). The number of ether oxygens (including phenoxy) is 4. The van der Waals surface area contributed by atoms with Crippen LogP contribution in [0.15, 0.2) is 48.5 Å². The van der Waals surface area contributed by atoms with Crippen molar-refractivity contribution >= 4 is 6.16 Å². The largest absolute Gasteiger partial charge is 0.508 e. The van der Waals surface area contributed by atoms with E-state index in [1.807, 2.05) is 24.3 Å². The first-order valence-electron chi connectivity index (χ1n) is 15.9. The average Bonchev–Trinajstić information content (AvgIpc) is 2.98. The quantitative estimate of drug-likeness (QED) is 0.0954. The van der Waals surface area contributed by atoms with Gasteiger partial charge in [0.05, 0.1) is 0 Å². The van der Waals surface area contributed by atoms with Crippen molar-refractivity contribution in [2.24, 2.45) is 0 Å². The molecule has 0 unspecified atom stereocenters.